The molecular formula is C16H23N5O2. The summed E-state index contributed by atoms with van der Waals surface area (Å²) in [5.41, 5.74) is 0. The van der Waals surface area contributed by atoms with E-state index in [1.807, 2.05) is 11.0 Å². The zero-order valence-corrected chi connectivity index (χ0v) is 13.2. The molecule has 124 valence electrons. The molecule has 0 radical (unpaired) electrons. The van der Waals surface area contributed by atoms with Gasteiger partial charge in [0.15, 0.2) is 0 Å². The lowest BCUT2D eigenvalue weighted by Gasteiger charge is -2.24. The molecule has 1 aromatic rings. The van der Waals surface area contributed by atoms with Gasteiger partial charge in [0.05, 0.1) is 18.7 Å². The fourth-order valence-electron chi connectivity index (χ4n) is 3.69. The van der Waals surface area contributed by atoms with E-state index in [1.54, 1.807) is 6.33 Å². The number of carbonyl (C=O) groups excluding carboxylic acids is 1. The Bertz CT molecular complexity index is 592. The van der Waals surface area contributed by atoms with Crippen LogP contribution < -0.4 is 10.2 Å². The normalized spacial score (nSPS) is 27.8. The van der Waals surface area contributed by atoms with Crippen molar-refractivity contribution in [2.75, 3.05) is 29.9 Å². The second-order valence-electron chi connectivity index (χ2n) is 6.76. The van der Waals surface area contributed by atoms with Crippen molar-refractivity contribution in [2.45, 2.75) is 50.2 Å². The third kappa shape index (κ3) is 2.97. The molecule has 0 bridgehead atoms. The van der Waals surface area contributed by atoms with Crippen LogP contribution in [-0.4, -0.2) is 63.7 Å². The summed E-state index contributed by atoms with van der Waals surface area (Å²) in [5.74, 6) is 1.86. The van der Waals surface area contributed by atoms with Crippen LogP contribution in [0.3, 0.4) is 0 Å². The van der Waals surface area contributed by atoms with Crippen LogP contribution in [0.15, 0.2) is 12.4 Å². The molecule has 1 aromatic heterocycles. The highest BCUT2D eigenvalue weighted by Gasteiger charge is 2.39. The maximum absolute atomic E-state index is 12.0. The zero-order valence-electron chi connectivity index (χ0n) is 13.2. The van der Waals surface area contributed by atoms with Crippen LogP contribution in [0.5, 0.6) is 0 Å². The minimum atomic E-state index is 0.123. The molecule has 23 heavy (non-hydrogen) atoms. The first-order valence-corrected chi connectivity index (χ1v) is 8.50. The number of carbonyl (C=O) groups is 1. The lowest BCUT2D eigenvalue weighted by atomic mass is 10.2. The van der Waals surface area contributed by atoms with E-state index in [1.165, 1.54) is 0 Å². The summed E-state index contributed by atoms with van der Waals surface area (Å²) in [6, 6.07) is 2.68. The quantitative estimate of drug-likeness (QED) is 0.828. The summed E-state index contributed by atoms with van der Waals surface area (Å²) in [7, 11) is 0. The summed E-state index contributed by atoms with van der Waals surface area (Å²) in [6.45, 7) is 1.84. The van der Waals surface area contributed by atoms with Gasteiger partial charge in [-0.15, -0.1) is 0 Å². The van der Waals surface area contributed by atoms with E-state index in [2.05, 4.69) is 20.2 Å². The first-order chi connectivity index (χ1) is 11.2. The van der Waals surface area contributed by atoms with Gasteiger partial charge in [-0.2, -0.15) is 0 Å². The molecule has 2 aliphatic heterocycles. The predicted octanol–water partition coefficient (Wildman–Crippen LogP) is 0.613. The van der Waals surface area contributed by atoms with Gasteiger partial charge in [-0.1, -0.05) is 0 Å². The Balaban J connectivity index is 1.43. The van der Waals surface area contributed by atoms with Gasteiger partial charge in [-0.05, 0) is 25.7 Å². The maximum Gasteiger partial charge on any atom is 0.225 e. The van der Waals surface area contributed by atoms with Gasteiger partial charge in [-0.25, -0.2) is 9.97 Å². The van der Waals surface area contributed by atoms with Crippen LogP contribution >= 0.6 is 0 Å². The highest BCUT2D eigenvalue weighted by molar-refractivity contribution is 5.80. The fraction of sp³-hybridized carbons (Fsp3) is 0.688. The Morgan fingerprint density at radius 3 is 2.91 bits per heavy atom. The minimum Gasteiger partial charge on any atom is -0.394 e. The first kappa shape index (κ1) is 14.7. The van der Waals surface area contributed by atoms with Crippen molar-refractivity contribution in [3.05, 3.63) is 12.4 Å². The molecule has 1 amide bonds. The molecule has 1 saturated carbocycles. The summed E-state index contributed by atoms with van der Waals surface area (Å²) in [4.78, 5) is 24.8. The Labute approximate surface area is 135 Å². The standard InChI is InChI=1S/C16H23N5O2/c22-9-13-2-1-5-20(13)15-7-14(17-10-18-15)19-11-6-16(23)21(8-11)12-3-4-12/h7,10-13,22H,1-6,8-9H2,(H,17,18,19). The van der Waals surface area contributed by atoms with E-state index < -0.39 is 0 Å². The van der Waals surface area contributed by atoms with Crippen molar-refractivity contribution in [1.82, 2.24) is 14.9 Å². The van der Waals surface area contributed by atoms with Gasteiger partial charge in [0, 0.05) is 31.6 Å². The molecule has 0 aromatic carbocycles. The van der Waals surface area contributed by atoms with E-state index in [4.69, 9.17) is 0 Å². The monoisotopic (exact) mass is 317 g/mol. The second-order valence-corrected chi connectivity index (χ2v) is 6.76. The molecule has 0 spiro atoms. The number of hydrogen-bond donors (Lipinski definition) is 2. The molecule has 3 heterocycles. The van der Waals surface area contributed by atoms with Crippen LogP contribution in [0.1, 0.15) is 32.1 Å². The summed E-state index contributed by atoms with van der Waals surface area (Å²) in [6.07, 6.45) is 6.46. The molecule has 2 unspecified atom stereocenters. The number of hydrogen-bond acceptors (Lipinski definition) is 6. The molecule has 1 aliphatic carbocycles. The smallest absolute Gasteiger partial charge is 0.225 e. The van der Waals surface area contributed by atoms with Gasteiger partial charge in [0.2, 0.25) is 5.91 Å². The Morgan fingerprint density at radius 2 is 2.13 bits per heavy atom. The minimum absolute atomic E-state index is 0.123. The predicted molar refractivity (Wildman–Crippen MR) is 86.2 cm³/mol. The number of aliphatic hydroxyl groups excluding tert-OH is 1. The highest BCUT2D eigenvalue weighted by Crippen LogP contribution is 2.31. The summed E-state index contributed by atoms with van der Waals surface area (Å²) < 4.78 is 0. The van der Waals surface area contributed by atoms with Crippen molar-refractivity contribution in [2.24, 2.45) is 0 Å². The molecule has 4 rings (SSSR count). The number of rotatable bonds is 5. The van der Waals surface area contributed by atoms with Gasteiger partial charge < -0.3 is 20.2 Å². The zero-order chi connectivity index (χ0) is 15.8. The van der Waals surface area contributed by atoms with E-state index in [0.29, 0.717) is 12.5 Å². The van der Waals surface area contributed by atoms with Gasteiger partial charge >= 0.3 is 0 Å². The Kier molecular flexibility index (Phi) is 3.80. The molecule has 2 atom stereocenters. The third-order valence-corrected chi connectivity index (χ3v) is 5.03. The topological polar surface area (TPSA) is 81.6 Å². The van der Waals surface area contributed by atoms with Crippen LogP contribution in [0.25, 0.3) is 0 Å². The molecule has 3 fully saturated rings. The van der Waals surface area contributed by atoms with Crippen LogP contribution in [0, 0.1) is 0 Å². The average Bonchev–Trinajstić information content (AvgIpc) is 3.16. The van der Waals surface area contributed by atoms with Crippen molar-refractivity contribution in [1.29, 1.82) is 0 Å². The molecule has 7 heteroatoms. The number of nitrogens with zero attached hydrogens (tertiary/aromatic N) is 4. The largest absolute Gasteiger partial charge is 0.394 e. The number of aromatic nitrogens is 2. The van der Waals surface area contributed by atoms with E-state index in [-0.39, 0.29) is 24.6 Å². The van der Waals surface area contributed by atoms with E-state index in [9.17, 15) is 9.90 Å². The molecule has 7 nitrogen and oxygen atoms in total. The lowest BCUT2D eigenvalue weighted by molar-refractivity contribution is -0.128. The van der Waals surface area contributed by atoms with Gasteiger partial charge in [-0.3, -0.25) is 4.79 Å². The first-order valence-electron chi connectivity index (χ1n) is 8.50. The SMILES string of the molecule is O=C1CC(Nc2cc(N3CCCC3CO)ncn2)CN1C1CC1. The van der Waals surface area contributed by atoms with Gasteiger partial charge in [0.1, 0.15) is 18.0 Å². The Morgan fingerprint density at radius 1 is 1.26 bits per heavy atom. The Hall–Kier alpha value is -1.89. The summed E-state index contributed by atoms with van der Waals surface area (Å²) >= 11 is 0. The van der Waals surface area contributed by atoms with Crippen molar-refractivity contribution >= 4 is 17.5 Å². The van der Waals surface area contributed by atoms with Crippen molar-refractivity contribution in [3.8, 4) is 0 Å². The van der Waals surface area contributed by atoms with E-state index >= 15 is 0 Å². The molecule has 3 aliphatic rings. The van der Waals surface area contributed by atoms with Crippen molar-refractivity contribution in [3.63, 3.8) is 0 Å². The third-order valence-electron chi connectivity index (χ3n) is 5.03. The maximum atomic E-state index is 12.0. The molecule has 2 saturated heterocycles. The van der Waals surface area contributed by atoms with E-state index in [0.717, 1.165) is 50.4 Å². The van der Waals surface area contributed by atoms with Crippen LogP contribution in [-0.2, 0) is 4.79 Å². The second kappa shape index (κ2) is 5.96. The van der Waals surface area contributed by atoms with Crippen LogP contribution in [0.4, 0.5) is 11.6 Å². The molecular weight excluding hydrogens is 294 g/mol. The van der Waals surface area contributed by atoms with Gasteiger partial charge in [0.25, 0.3) is 0 Å². The number of amides is 1. The van der Waals surface area contributed by atoms with Crippen LogP contribution in [0.2, 0.25) is 0 Å². The van der Waals surface area contributed by atoms with Crippen molar-refractivity contribution < 1.29 is 9.90 Å². The summed E-state index contributed by atoms with van der Waals surface area (Å²) in [5, 5.41) is 12.8. The molecule has 2 N–H and O–H groups in total. The number of likely N-dealkylation sites (tertiary alicyclic amines) is 1. The highest BCUT2D eigenvalue weighted by atomic mass is 16.3. The number of anilines is 2. The number of nitrogens with one attached hydrogen (secondary N) is 1. The lowest BCUT2D eigenvalue weighted by Crippen LogP contribution is -2.33. The number of aliphatic hydroxyl groups is 1. The average molecular weight is 317 g/mol. The fourth-order valence-corrected chi connectivity index (χ4v) is 3.69.